The van der Waals surface area contributed by atoms with Crippen molar-refractivity contribution in [1.82, 2.24) is 0 Å². The molecule has 1 aliphatic heterocycles. The molecule has 8 nitrogen and oxygen atoms in total. The smallest absolute Gasteiger partial charge is 0.338 e. The van der Waals surface area contributed by atoms with Crippen molar-refractivity contribution in [1.29, 1.82) is 0 Å². The Morgan fingerprint density at radius 1 is 1.03 bits per heavy atom. The van der Waals surface area contributed by atoms with Crippen LogP contribution < -0.4 is 15.0 Å². The van der Waals surface area contributed by atoms with E-state index in [1.165, 1.54) is 17.0 Å². The first kappa shape index (κ1) is 23.5. The molecule has 34 heavy (non-hydrogen) atoms. The number of esters is 1. The molecule has 0 spiro atoms. The summed E-state index contributed by atoms with van der Waals surface area (Å²) in [5, 5.41) is 2.66. The molecule has 0 aromatic heterocycles. The highest BCUT2D eigenvalue weighted by atomic mass is 16.5. The average molecular weight is 465 g/mol. The van der Waals surface area contributed by atoms with Crippen molar-refractivity contribution in [2.45, 2.75) is 33.1 Å². The fourth-order valence-corrected chi connectivity index (χ4v) is 4.67. The predicted molar refractivity (Wildman–Crippen MR) is 125 cm³/mol. The lowest BCUT2D eigenvalue weighted by Gasteiger charge is -2.25. The summed E-state index contributed by atoms with van der Waals surface area (Å²) in [6.07, 6.45) is 2.34. The van der Waals surface area contributed by atoms with Gasteiger partial charge < -0.3 is 14.8 Å². The van der Waals surface area contributed by atoms with Crippen LogP contribution in [0.3, 0.4) is 0 Å². The van der Waals surface area contributed by atoms with E-state index in [-0.39, 0.29) is 29.2 Å². The Balaban J connectivity index is 1.40. The van der Waals surface area contributed by atoms with Crippen LogP contribution in [0.4, 0.5) is 11.4 Å². The molecule has 0 bridgehead atoms. The van der Waals surface area contributed by atoms with Gasteiger partial charge in [0.15, 0.2) is 6.61 Å². The van der Waals surface area contributed by atoms with Crippen molar-refractivity contribution in [3.63, 3.8) is 0 Å². The van der Waals surface area contributed by atoms with Crippen LogP contribution in [0.2, 0.25) is 0 Å². The number of rotatable bonds is 7. The lowest BCUT2D eigenvalue weighted by molar-refractivity contribution is -0.122. The summed E-state index contributed by atoms with van der Waals surface area (Å²) in [5.74, 6) is -1.31. The summed E-state index contributed by atoms with van der Waals surface area (Å²) in [5.41, 5.74) is 0.986. The van der Waals surface area contributed by atoms with Crippen LogP contribution in [0.1, 0.15) is 43.5 Å². The van der Waals surface area contributed by atoms with Gasteiger partial charge in [-0.2, -0.15) is 0 Å². The minimum Gasteiger partial charge on any atom is -0.492 e. The lowest BCUT2D eigenvalue weighted by Crippen LogP contribution is -2.31. The molecule has 1 saturated carbocycles. The third-order valence-corrected chi connectivity index (χ3v) is 6.32. The van der Waals surface area contributed by atoms with Gasteiger partial charge in [0.1, 0.15) is 5.75 Å². The molecule has 3 atom stereocenters. The van der Waals surface area contributed by atoms with Crippen molar-refractivity contribution in [2.75, 3.05) is 23.4 Å². The fourth-order valence-electron chi connectivity index (χ4n) is 4.67. The number of fused-ring (bicyclic) bond motifs is 1. The van der Waals surface area contributed by atoms with E-state index in [0.717, 1.165) is 6.42 Å². The van der Waals surface area contributed by atoms with Gasteiger partial charge >= 0.3 is 5.97 Å². The first-order valence-corrected chi connectivity index (χ1v) is 11.6. The second kappa shape index (κ2) is 10.1. The second-order valence-electron chi connectivity index (χ2n) is 8.75. The van der Waals surface area contributed by atoms with Gasteiger partial charge in [-0.05, 0) is 62.4 Å². The molecule has 0 unspecified atom stereocenters. The zero-order valence-electron chi connectivity index (χ0n) is 19.3. The van der Waals surface area contributed by atoms with E-state index in [4.69, 9.17) is 9.47 Å². The standard InChI is InChI=1S/C26H28N2O6/c1-3-33-22-10-5-4-9-21(22)27-23(29)15-34-26(32)17-7-6-8-18(14-17)28-24(30)19-12-11-16(2)13-20(19)25(28)31/h4-10,14,16,19-20H,3,11-13,15H2,1-2H3,(H,27,29)/t16-,19+,20+/m0/s1. The van der Waals surface area contributed by atoms with Crippen LogP contribution in [0, 0.1) is 17.8 Å². The van der Waals surface area contributed by atoms with Gasteiger partial charge in [-0.25, -0.2) is 4.79 Å². The van der Waals surface area contributed by atoms with Crippen LogP contribution in [0.15, 0.2) is 48.5 Å². The molecule has 2 aliphatic rings. The summed E-state index contributed by atoms with van der Waals surface area (Å²) in [7, 11) is 0. The van der Waals surface area contributed by atoms with Gasteiger partial charge in [0.25, 0.3) is 5.91 Å². The molecule has 1 aliphatic carbocycles. The molecule has 178 valence electrons. The molecule has 2 aromatic carbocycles. The minimum absolute atomic E-state index is 0.156. The molecule has 3 amide bonds. The molecular formula is C26H28N2O6. The van der Waals surface area contributed by atoms with Gasteiger partial charge in [-0.15, -0.1) is 0 Å². The van der Waals surface area contributed by atoms with Crippen LogP contribution in [-0.2, 0) is 19.1 Å². The number of nitrogens with zero attached hydrogens (tertiary/aromatic N) is 1. The van der Waals surface area contributed by atoms with Crippen LogP contribution in [-0.4, -0.2) is 36.9 Å². The summed E-state index contributed by atoms with van der Waals surface area (Å²) in [4.78, 5) is 52.0. The average Bonchev–Trinajstić information content (AvgIpc) is 3.08. The van der Waals surface area contributed by atoms with Crippen molar-refractivity contribution >= 4 is 35.1 Å². The van der Waals surface area contributed by atoms with E-state index in [9.17, 15) is 19.2 Å². The Morgan fingerprint density at radius 2 is 1.79 bits per heavy atom. The van der Waals surface area contributed by atoms with E-state index in [2.05, 4.69) is 12.2 Å². The molecule has 4 rings (SSSR count). The van der Waals surface area contributed by atoms with E-state index < -0.39 is 18.5 Å². The molecule has 1 N–H and O–H groups in total. The van der Waals surface area contributed by atoms with Gasteiger partial charge in [0.2, 0.25) is 11.8 Å². The van der Waals surface area contributed by atoms with E-state index in [1.807, 2.05) is 6.92 Å². The normalized spacial score (nSPS) is 21.7. The van der Waals surface area contributed by atoms with Crippen molar-refractivity contribution in [3.05, 3.63) is 54.1 Å². The monoisotopic (exact) mass is 464 g/mol. The second-order valence-corrected chi connectivity index (χ2v) is 8.75. The van der Waals surface area contributed by atoms with Gasteiger partial charge in [-0.3, -0.25) is 19.3 Å². The fraction of sp³-hybridized carbons (Fsp3) is 0.385. The summed E-state index contributed by atoms with van der Waals surface area (Å²) in [6, 6.07) is 13.2. The van der Waals surface area contributed by atoms with Crippen molar-refractivity contribution in [2.24, 2.45) is 17.8 Å². The van der Waals surface area contributed by atoms with E-state index >= 15 is 0 Å². The molecule has 1 saturated heterocycles. The molecule has 0 radical (unpaired) electrons. The Bertz CT molecular complexity index is 1110. The Kier molecular flexibility index (Phi) is 6.95. The molecular weight excluding hydrogens is 436 g/mol. The molecule has 2 aromatic rings. The number of nitrogens with one attached hydrogen (secondary N) is 1. The number of para-hydroxylation sites is 2. The van der Waals surface area contributed by atoms with Gasteiger partial charge in [-0.1, -0.05) is 25.1 Å². The highest BCUT2D eigenvalue weighted by Gasteiger charge is 2.50. The summed E-state index contributed by atoms with van der Waals surface area (Å²) >= 11 is 0. The number of amides is 3. The first-order valence-electron chi connectivity index (χ1n) is 11.6. The SMILES string of the molecule is CCOc1ccccc1NC(=O)COC(=O)c1cccc(N2C(=O)[C@@H]3CC[C@H](C)C[C@H]3C2=O)c1. The maximum atomic E-state index is 13.0. The Labute approximate surface area is 198 Å². The van der Waals surface area contributed by atoms with E-state index in [0.29, 0.717) is 42.5 Å². The summed E-state index contributed by atoms with van der Waals surface area (Å²) < 4.78 is 10.6. The third kappa shape index (κ3) is 4.81. The van der Waals surface area contributed by atoms with Crippen LogP contribution >= 0.6 is 0 Å². The number of ether oxygens (including phenoxy) is 2. The van der Waals surface area contributed by atoms with Crippen LogP contribution in [0.25, 0.3) is 0 Å². The van der Waals surface area contributed by atoms with Gasteiger partial charge in [0, 0.05) is 0 Å². The van der Waals surface area contributed by atoms with Crippen molar-refractivity contribution < 1.29 is 28.7 Å². The number of hydrogen-bond acceptors (Lipinski definition) is 6. The zero-order chi connectivity index (χ0) is 24.2. The number of imide groups is 1. The number of carbonyl (C=O) groups is 4. The minimum atomic E-state index is -0.722. The topological polar surface area (TPSA) is 102 Å². The maximum Gasteiger partial charge on any atom is 0.338 e. The third-order valence-electron chi connectivity index (χ3n) is 6.32. The number of benzene rings is 2. The number of anilines is 2. The van der Waals surface area contributed by atoms with E-state index in [1.54, 1.807) is 36.4 Å². The molecule has 8 heteroatoms. The molecule has 1 heterocycles. The maximum absolute atomic E-state index is 13.0. The highest BCUT2D eigenvalue weighted by Crippen LogP contribution is 2.42. The van der Waals surface area contributed by atoms with Crippen molar-refractivity contribution in [3.8, 4) is 5.75 Å². The molecule has 2 fully saturated rings. The van der Waals surface area contributed by atoms with Gasteiger partial charge in [0.05, 0.1) is 35.4 Å². The largest absolute Gasteiger partial charge is 0.492 e. The number of carbonyl (C=O) groups excluding carboxylic acids is 4. The van der Waals surface area contributed by atoms with Crippen LogP contribution in [0.5, 0.6) is 5.75 Å². The zero-order valence-corrected chi connectivity index (χ0v) is 19.3. The Hall–Kier alpha value is -3.68. The highest BCUT2D eigenvalue weighted by molar-refractivity contribution is 6.22. The number of hydrogen-bond donors (Lipinski definition) is 1. The lowest BCUT2D eigenvalue weighted by atomic mass is 9.76. The Morgan fingerprint density at radius 3 is 2.59 bits per heavy atom. The quantitative estimate of drug-likeness (QED) is 0.494. The summed E-state index contributed by atoms with van der Waals surface area (Å²) in [6.45, 7) is 3.89. The first-order chi connectivity index (χ1) is 16.4. The predicted octanol–water partition coefficient (Wildman–Crippen LogP) is 3.81.